The van der Waals surface area contributed by atoms with E-state index in [0.29, 0.717) is 68.4 Å². The molecule has 4 aliphatic heterocycles. The molecule has 1 aromatic heterocycles. The van der Waals surface area contributed by atoms with Gasteiger partial charge in [0.25, 0.3) is 5.91 Å². The number of hydrogen-bond donors (Lipinski definition) is 3. The molecular formula is C35H37F2N4O7PS. The Bertz CT molecular complexity index is 1940. The van der Waals surface area contributed by atoms with Gasteiger partial charge in [-0.1, -0.05) is 36.4 Å². The maximum absolute atomic E-state index is 14.3. The molecule has 11 nitrogen and oxygen atoms in total. The highest BCUT2D eigenvalue weighted by atomic mass is 32.1. The molecule has 1 spiro atoms. The summed E-state index contributed by atoms with van der Waals surface area (Å²) in [5, 5.41) is 3.11. The van der Waals surface area contributed by atoms with Crippen LogP contribution in [0.3, 0.4) is 0 Å². The topological polar surface area (TPSA) is 148 Å². The van der Waals surface area contributed by atoms with Crippen molar-refractivity contribution in [1.82, 2.24) is 20.0 Å². The number of nitrogens with zero attached hydrogens (tertiary/aromatic N) is 3. The van der Waals surface area contributed by atoms with Crippen molar-refractivity contribution in [2.45, 2.75) is 62.3 Å². The average Bonchev–Trinajstić information content (AvgIpc) is 3.39. The van der Waals surface area contributed by atoms with Crippen molar-refractivity contribution in [2.75, 3.05) is 26.2 Å². The molecule has 50 heavy (non-hydrogen) atoms. The number of rotatable bonds is 7. The van der Waals surface area contributed by atoms with Crippen molar-refractivity contribution in [1.29, 1.82) is 0 Å². The first-order valence-electron chi connectivity index (χ1n) is 16.9. The second-order valence-electron chi connectivity index (χ2n) is 14.8. The fourth-order valence-electron chi connectivity index (χ4n) is 8.52. The average molecular weight is 727 g/mol. The van der Waals surface area contributed by atoms with Crippen molar-refractivity contribution in [3.8, 4) is 0 Å². The molecule has 8 rings (SSSR count). The number of amides is 4. The van der Waals surface area contributed by atoms with Gasteiger partial charge in [0.2, 0.25) is 17.7 Å². The Kier molecular flexibility index (Phi) is 7.98. The fraction of sp³-hybridized carbons (Fsp3) is 0.486. The Balaban J connectivity index is 0.926. The van der Waals surface area contributed by atoms with Crippen LogP contribution in [0.5, 0.6) is 0 Å². The molecule has 4 amide bonds. The van der Waals surface area contributed by atoms with Gasteiger partial charge in [-0.05, 0) is 73.1 Å². The highest BCUT2D eigenvalue weighted by molar-refractivity contribution is 7.52. The van der Waals surface area contributed by atoms with E-state index in [0.717, 1.165) is 41.9 Å². The largest absolute Gasteiger partial charge is 0.399 e. The van der Waals surface area contributed by atoms with Gasteiger partial charge in [0.05, 0.1) is 11.3 Å². The first-order valence-corrected chi connectivity index (χ1v) is 19.4. The van der Waals surface area contributed by atoms with Crippen molar-refractivity contribution < 1.29 is 42.3 Å². The summed E-state index contributed by atoms with van der Waals surface area (Å²) in [7, 11) is -5.76. The summed E-state index contributed by atoms with van der Waals surface area (Å²) in [6, 6.07) is 12.6. The van der Waals surface area contributed by atoms with Crippen LogP contribution in [-0.4, -0.2) is 92.4 Å². The third-order valence-corrected chi connectivity index (χ3v) is 13.4. The minimum Gasteiger partial charge on any atom is -0.341 e. The quantitative estimate of drug-likeness (QED) is 0.313. The summed E-state index contributed by atoms with van der Waals surface area (Å²) in [4.78, 5) is 78.1. The monoisotopic (exact) mass is 726 g/mol. The first kappa shape index (κ1) is 33.4. The second-order valence-corrected chi connectivity index (χ2v) is 17.5. The first-order chi connectivity index (χ1) is 23.7. The van der Waals surface area contributed by atoms with E-state index in [1.807, 2.05) is 35.2 Å². The predicted molar refractivity (Wildman–Crippen MR) is 179 cm³/mol. The molecule has 0 unspecified atom stereocenters. The van der Waals surface area contributed by atoms with E-state index in [-0.39, 0.29) is 39.4 Å². The third-order valence-electron chi connectivity index (χ3n) is 11.2. The van der Waals surface area contributed by atoms with Crippen LogP contribution in [-0.2, 0) is 31.0 Å². The number of nitrogens with one attached hydrogen (secondary N) is 1. The summed E-state index contributed by atoms with van der Waals surface area (Å²) in [5.41, 5.74) is -4.37. The molecule has 4 saturated heterocycles. The molecule has 3 N–H and O–H groups in total. The highest BCUT2D eigenvalue weighted by Gasteiger charge is 2.57. The Morgan fingerprint density at radius 1 is 0.940 bits per heavy atom. The molecule has 2 aromatic carbocycles. The van der Waals surface area contributed by atoms with Gasteiger partial charge in [0.15, 0.2) is 0 Å². The van der Waals surface area contributed by atoms with E-state index in [9.17, 15) is 32.5 Å². The molecule has 5 atom stereocenters. The van der Waals surface area contributed by atoms with Gasteiger partial charge in [0.1, 0.15) is 12.1 Å². The smallest absolute Gasteiger partial charge is 0.341 e. The van der Waals surface area contributed by atoms with Crippen molar-refractivity contribution >= 4 is 52.6 Å². The number of halogens is 2. The van der Waals surface area contributed by atoms with Crippen LogP contribution in [0.2, 0.25) is 0 Å². The molecule has 5 heterocycles. The van der Waals surface area contributed by atoms with Crippen LogP contribution in [0, 0.1) is 17.3 Å². The van der Waals surface area contributed by atoms with Gasteiger partial charge >= 0.3 is 13.3 Å². The zero-order chi connectivity index (χ0) is 35.2. The van der Waals surface area contributed by atoms with E-state index >= 15 is 0 Å². The van der Waals surface area contributed by atoms with Crippen LogP contribution in [0.15, 0.2) is 54.6 Å². The molecule has 1 saturated carbocycles. The number of likely N-dealkylation sites (tertiary alicyclic amines) is 2. The minimum absolute atomic E-state index is 0.0739. The standard InChI is InChI=1S/C35H37F2N4O7PS/c36-35(37,49(46,47)48)24-6-9-28-23(12-24)15-29(50-28)31(43)38-26-14-22-11-21(22)13-25-7-8-27(41(25)32(26)44)33(45)40-18-34(19-40)16-39(17-34)30(42)10-20-4-2-1-3-5-20/h1-6,9,12,15,21-22,25-27H,7-8,10-11,13-14,16-19H2,(H,38,43)(H2,46,47,48)/t21-,22+,25-,26+,27+/m1/s1. The van der Waals surface area contributed by atoms with E-state index in [2.05, 4.69) is 5.32 Å². The summed E-state index contributed by atoms with van der Waals surface area (Å²) in [6.45, 7) is 2.31. The van der Waals surface area contributed by atoms with Crippen LogP contribution in [0.4, 0.5) is 8.78 Å². The third kappa shape index (κ3) is 5.83. The van der Waals surface area contributed by atoms with Gasteiger partial charge < -0.3 is 29.8 Å². The van der Waals surface area contributed by atoms with Crippen molar-refractivity contribution in [3.05, 3.63) is 70.6 Å². The van der Waals surface area contributed by atoms with Crippen molar-refractivity contribution in [2.24, 2.45) is 17.3 Å². The van der Waals surface area contributed by atoms with E-state index in [1.54, 1.807) is 9.80 Å². The normalized spacial score (nSPS) is 27.2. The number of benzene rings is 2. The predicted octanol–water partition coefficient (Wildman–Crippen LogP) is 3.93. The number of fused-ring (bicyclic) bond motifs is 3. The molecule has 5 fully saturated rings. The number of thiophene rings is 1. The molecule has 15 heteroatoms. The second kappa shape index (κ2) is 11.9. The zero-order valence-electron chi connectivity index (χ0n) is 27.0. The molecular weight excluding hydrogens is 689 g/mol. The van der Waals surface area contributed by atoms with Gasteiger partial charge in [-0.25, -0.2) is 0 Å². The summed E-state index contributed by atoms with van der Waals surface area (Å²) >= 11 is 1.03. The molecule has 264 valence electrons. The van der Waals surface area contributed by atoms with E-state index in [1.165, 1.54) is 12.1 Å². The van der Waals surface area contributed by atoms with E-state index in [4.69, 9.17) is 9.79 Å². The van der Waals surface area contributed by atoms with Crippen LogP contribution in [0.1, 0.15) is 52.9 Å². The number of carbonyl (C=O) groups excluding carboxylic acids is 4. The van der Waals surface area contributed by atoms with Crippen LogP contribution in [0.25, 0.3) is 10.1 Å². The minimum atomic E-state index is -5.76. The van der Waals surface area contributed by atoms with Crippen LogP contribution >= 0.6 is 18.9 Å². The SMILES string of the molecule is O=C(N[C@H]1C[C@@H]2C[C@@H]2C[C@H]2CC[C@@H](C(=O)N3CC4(CN(C(=O)Cc5ccccc5)C4)C3)N2C1=O)c1cc2cc(C(F)(F)P(=O)(O)O)ccc2s1. The summed E-state index contributed by atoms with van der Waals surface area (Å²) in [5.74, 6) is -0.141. The lowest BCUT2D eigenvalue weighted by atomic mass is 9.72. The fourth-order valence-corrected chi connectivity index (χ4v) is 9.95. The summed E-state index contributed by atoms with van der Waals surface area (Å²) < 4.78 is 40.5. The maximum Gasteiger partial charge on any atom is 0.399 e. The lowest BCUT2D eigenvalue weighted by Gasteiger charge is -2.60. The lowest BCUT2D eigenvalue weighted by Crippen LogP contribution is -2.75. The Morgan fingerprint density at radius 3 is 2.36 bits per heavy atom. The lowest BCUT2D eigenvalue weighted by molar-refractivity contribution is -0.172. The molecule has 3 aromatic rings. The number of carbonyl (C=O) groups is 4. The highest BCUT2D eigenvalue weighted by Crippen LogP contribution is 2.59. The molecule has 1 aliphatic carbocycles. The van der Waals surface area contributed by atoms with E-state index < -0.39 is 36.8 Å². The molecule has 0 radical (unpaired) electrons. The summed E-state index contributed by atoms with van der Waals surface area (Å²) in [6.07, 6.45) is 3.85. The maximum atomic E-state index is 14.3. The van der Waals surface area contributed by atoms with Gasteiger partial charge in [-0.2, -0.15) is 8.78 Å². The Hall–Kier alpha value is -3.71. The zero-order valence-corrected chi connectivity index (χ0v) is 28.8. The number of alkyl halides is 2. The van der Waals surface area contributed by atoms with Gasteiger partial charge in [-0.15, -0.1) is 11.3 Å². The van der Waals surface area contributed by atoms with Crippen LogP contribution < -0.4 is 5.32 Å². The number of hydrogen-bond acceptors (Lipinski definition) is 6. The molecule has 0 bridgehead atoms. The van der Waals surface area contributed by atoms with Gasteiger partial charge in [0, 0.05) is 47.9 Å². The van der Waals surface area contributed by atoms with Gasteiger partial charge in [-0.3, -0.25) is 23.7 Å². The Morgan fingerprint density at radius 2 is 1.64 bits per heavy atom. The molecule has 5 aliphatic rings. The van der Waals surface area contributed by atoms with Crippen molar-refractivity contribution in [3.63, 3.8) is 0 Å². The Labute approximate surface area is 290 Å².